The number of hydrogen-bond donors (Lipinski definition) is 1. The molecule has 0 rings (SSSR count). The summed E-state index contributed by atoms with van der Waals surface area (Å²) in [6.45, 7) is 1.38. The molecule has 1 N–H and O–H groups in total. The number of ether oxygens (including phenoxy) is 1. The first kappa shape index (κ1) is 10.1. The quantitative estimate of drug-likeness (QED) is 0.634. The van der Waals surface area contributed by atoms with Crippen molar-refractivity contribution >= 4 is 11.8 Å². The Bertz CT molecular complexity index is 153. The van der Waals surface area contributed by atoms with Crippen molar-refractivity contribution in [1.29, 1.82) is 0 Å². The predicted molar refractivity (Wildman–Crippen MR) is 38.3 cm³/mol. The van der Waals surface area contributed by atoms with Crippen LogP contribution in [-0.4, -0.2) is 30.1 Å². The standard InChI is InChI=1S/C7H12O4/c1-5(8)6(11-2)3-4-7(9)10/h6H,3-4H2,1-2H3,(H,9,10)/t6-/m0/s1. The Morgan fingerprint density at radius 1 is 1.55 bits per heavy atom. The molecule has 0 amide bonds. The highest BCUT2D eigenvalue weighted by Gasteiger charge is 2.13. The van der Waals surface area contributed by atoms with Gasteiger partial charge in [-0.3, -0.25) is 9.59 Å². The molecule has 64 valence electrons. The fraction of sp³-hybridized carbons (Fsp3) is 0.714. The minimum atomic E-state index is -0.909. The Morgan fingerprint density at radius 2 is 2.09 bits per heavy atom. The van der Waals surface area contributed by atoms with Gasteiger partial charge in [-0.05, 0) is 13.3 Å². The lowest BCUT2D eigenvalue weighted by Gasteiger charge is -2.08. The maximum atomic E-state index is 10.7. The van der Waals surface area contributed by atoms with Gasteiger partial charge in [-0.1, -0.05) is 0 Å². The molecule has 0 aliphatic rings. The third-order valence-corrected chi connectivity index (χ3v) is 1.36. The van der Waals surface area contributed by atoms with E-state index in [9.17, 15) is 9.59 Å². The lowest BCUT2D eigenvalue weighted by molar-refractivity contribution is -0.138. The highest BCUT2D eigenvalue weighted by atomic mass is 16.5. The van der Waals surface area contributed by atoms with E-state index in [1.807, 2.05) is 0 Å². The molecule has 0 aliphatic carbocycles. The summed E-state index contributed by atoms with van der Waals surface area (Å²) in [5.41, 5.74) is 0. The van der Waals surface area contributed by atoms with Crippen molar-refractivity contribution in [2.75, 3.05) is 7.11 Å². The molecule has 4 nitrogen and oxygen atoms in total. The molecule has 0 aromatic heterocycles. The fourth-order valence-electron chi connectivity index (χ4n) is 0.742. The van der Waals surface area contributed by atoms with Crippen LogP contribution in [0.4, 0.5) is 0 Å². The first-order chi connectivity index (χ1) is 5.07. The molecule has 0 radical (unpaired) electrons. The number of aliphatic carboxylic acids is 1. The molecule has 0 saturated carbocycles. The molecule has 4 heteroatoms. The van der Waals surface area contributed by atoms with Gasteiger partial charge in [-0.25, -0.2) is 0 Å². The van der Waals surface area contributed by atoms with Crippen molar-refractivity contribution in [3.63, 3.8) is 0 Å². The maximum absolute atomic E-state index is 10.7. The van der Waals surface area contributed by atoms with Crippen LogP contribution in [0.15, 0.2) is 0 Å². The van der Waals surface area contributed by atoms with Crippen molar-refractivity contribution in [2.24, 2.45) is 0 Å². The molecule has 11 heavy (non-hydrogen) atoms. The molecule has 1 atom stereocenters. The fourth-order valence-corrected chi connectivity index (χ4v) is 0.742. The van der Waals surface area contributed by atoms with Gasteiger partial charge in [0.15, 0.2) is 5.78 Å². The van der Waals surface area contributed by atoms with E-state index < -0.39 is 12.1 Å². The molecular formula is C7H12O4. The lowest BCUT2D eigenvalue weighted by atomic mass is 10.1. The predicted octanol–water partition coefficient (Wildman–Crippen LogP) is 0.455. The van der Waals surface area contributed by atoms with Gasteiger partial charge in [0.25, 0.3) is 0 Å². The number of carboxylic acids is 1. The van der Waals surface area contributed by atoms with Crippen molar-refractivity contribution in [3.05, 3.63) is 0 Å². The van der Waals surface area contributed by atoms with Gasteiger partial charge in [0, 0.05) is 13.5 Å². The van der Waals surface area contributed by atoms with E-state index >= 15 is 0 Å². The largest absolute Gasteiger partial charge is 0.481 e. The second-order valence-corrected chi connectivity index (χ2v) is 2.27. The van der Waals surface area contributed by atoms with Crippen LogP contribution >= 0.6 is 0 Å². The summed E-state index contributed by atoms with van der Waals surface area (Å²) >= 11 is 0. The summed E-state index contributed by atoms with van der Waals surface area (Å²) in [6.07, 6.45) is -0.342. The molecule has 0 spiro atoms. The second kappa shape index (κ2) is 4.85. The topological polar surface area (TPSA) is 63.6 Å². The van der Waals surface area contributed by atoms with Crippen LogP contribution in [0.5, 0.6) is 0 Å². The Kier molecular flexibility index (Phi) is 4.45. The highest BCUT2D eigenvalue weighted by Crippen LogP contribution is 2.01. The smallest absolute Gasteiger partial charge is 0.303 e. The van der Waals surface area contributed by atoms with Gasteiger partial charge < -0.3 is 9.84 Å². The number of carboxylic acid groups (broad SMARTS) is 1. The van der Waals surface area contributed by atoms with Crippen molar-refractivity contribution < 1.29 is 19.4 Å². The van der Waals surface area contributed by atoms with E-state index in [1.54, 1.807) is 0 Å². The zero-order chi connectivity index (χ0) is 8.85. The Balaban J connectivity index is 3.70. The van der Waals surface area contributed by atoms with Crippen LogP contribution in [0.25, 0.3) is 0 Å². The van der Waals surface area contributed by atoms with E-state index in [1.165, 1.54) is 14.0 Å². The summed E-state index contributed by atoms with van der Waals surface area (Å²) in [5.74, 6) is -1.04. The highest BCUT2D eigenvalue weighted by molar-refractivity contribution is 5.81. The molecule has 0 aromatic carbocycles. The third-order valence-electron chi connectivity index (χ3n) is 1.36. The van der Waals surface area contributed by atoms with Crippen LogP contribution < -0.4 is 0 Å². The van der Waals surface area contributed by atoms with E-state index in [0.717, 1.165) is 0 Å². The van der Waals surface area contributed by atoms with Gasteiger partial charge >= 0.3 is 5.97 Å². The van der Waals surface area contributed by atoms with E-state index in [-0.39, 0.29) is 18.6 Å². The number of methoxy groups -OCH3 is 1. The van der Waals surface area contributed by atoms with Gasteiger partial charge in [-0.15, -0.1) is 0 Å². The second-order valence-electron chi connectivity index (χ2n) is 2.27. The van der Waals surface area contributed by atoms with E-state index in [0.29, 0.717) is 0 Å². The van der Waals surface area contributed by atoms with Gasteiger partial charge in [0.2, 0.25) is 0 Å². The average molecular weight is 160 g/mol. The third kappa shape index (κ3) is 4.50. The van der Waals surface area contributed by atoms with Crippen LogP contribution in [-0.2, 0) is 14.3 Å². The minimum absolute atomic E-state index is 0.0297. The average Bonchev–Trinajstić information content (AvgIpc) is 1.87. The minimum Gasteiger partial charge on any atom is -0.481 e. The number of Topliss-reactive ketones (excluding diaryl/α,β-unsaturated/α-hetero) is 1. The zero-order valence-corrected chi connectivity index (χ0v) is 6.66. The van der Waals surface area contributed by atoms with E-state index in [2.05, 4.69) is 0 Å². The number of hydrogen-bond acceptors (Lipinski definition) is 3. The molecular weight excluding hydrogens is 148 g/mol. The molecule has 0 fully saturated rings. The molecule has 0 heterocycles. The van der Waals surface area contributed by atoms with Gasteiger partial charge in [0.1, 0.15) is 6.10 Å². The Hall–Kier alpha value is -0.900. The number of carbonyl (C=O) groups is 2. The maximum Gasteiger partial charge on any atom is 0.303 e. The first-order valence-corrected chi connectivity index (χ1v) is 3.33. The monoisotopic (exact) mass is 160 g/mol. The van der Waals surface area contributed by atoms with Gasteiger partial charge in [0.05, 0.1) is 0 Å². The van der Waals surface area contributed by atoms with Crippen LogP contribution in [0.2, 0.25) is 0 Å². The van der Waals surface area contributed by atoms with Crippen LogP contribution in [0.1, 0.15) is 19.8 Å². The summed E-state index contributed by atoms with van der Waals surface area (Å²) in [7, 11) is 1.40. The summed E-state index contributed by atoms with van der Waals surface area (Å²) in [5, 5.41) is 8.27. The number of rotatable bonds is 5. The first-order valence-electron chi connectivity index (χ1n) is 3.33. The summed E-state index contributed by atoms with van der Waals surface area (Å²) in [4.78, 5) is 20.7. The normalized spacial score (nSPS) is 12.5. The van der Waals surface area contributed by atoms with Crippen molar-refractivity contribution in [2.45, 2.75) is 25.9 Å². The summed E-state index contributed by atoms with van der Waals surface area (Å²) < 4.78 is 4.75. The molecule has 0 saturated heterocycles. The Labute approximate surface area is 65.2 Å². The van der Waals surface area contributed by atoms with Crippen molar-refractivity contribution in [3.8, 4) is 0 Å². The summed E-state index contributed by atoms with van der Waals surface area (Å²) in [6, 6.07) is 0. The number of carbonyl (C=O) groups excluding carboxylic acids is 1. The SMILES string of the molecule is CO[C@@H](CCC(=O)O)C(C)=O. The zero-order valence-electron chi connectivity index (χ0n) is 6.66. The van der Waals surface area contributed by atoms with E-state index in [4.69, 9.17) is 9.84 Å². The molecule has 0 unspecified atom stereocenters. The Morgan fingerprint density at radius 3 is 2.36 bits per heavy atom. The molecule has 0 aromatic rings. The van der Waals surface area contributed by atoms with Crippen LogP contribution in [0, 0.1) is 0 Å². The molecule has 0 aliphatic heterocycles. The van der Waals surface area contributed by atoms with Crippen molar-refractivity contribution in [1.82, 2.24) is 0 Å². The lowest BCUT2D eigenvalue weighted by Crippen LogP contribution is -2.20. The van der Waals surface area contributed by atoms with Crippen LogP contribution in [0.3, 0.4) is 0 Å². The molecule has 0 bridgehead atoms. The van der Waals surface area contributed by atoms with Gasteiger partial charge in [-0.2, -0.15) is 0 Å². The number of ketones is 1.